The van der Waals surface area contributed by atoms with E-state index in [0.29, 0.717) is 23.0 Å². The zero-order chi connectivity index (χ0) is 17.1. The number of carbonyl (C=O) groups is 1. The molecule has 0 unspecified atom stereocenters. The maximum atomic E-state index is 12.6. The molecule has 0 fully saturated rings. The number of carbonyl (C=O) groups excluding carboxylic acids is 1. The highest BCUT2D eigenvalue weighted by atomic mass is 127. The molecule has 3 aromatic rings. The fraction of sp³-hybridized carbons (Fsp3) is 0.111. The van der Waals surface area contributed by atoms with E-state index in [9.17, 15) is 4.79 Å². The standard InChI is InChI=1S/C18H15ClIN3O/c1-12-16(18(24)21-15-9-7-14(20)8-10-15)17(19)23(22-12)11-13-5-3-2-4-6-13/h2-10H,11H2,1H3,(H,21,24). The van der Waals surface area contributed by atoms with Crippen molar-refractivity contribution in [1.29, 1.82) is 0 Å². The van der Waals surface area contributed by atoms with Crippen molar-refractivity contribution >= 4 is 45.8 Å². The Morgan fingerprint density at radius 3 is 2.50 bits per heavy atom. The predicted molar refractivity (Wildman–Crippen MR) is 105 cm³/mol. The summed E-state index contributed by atoms with van der Waals surface area (Å²) in [5.41, 5.74) is 2.82. The third-order valence-corrected chi connectivity index (χ3v) is 4.67. The van der Waals surface area contributed by atoms with Gasteiger partial charge >= 0.3 is 0 Å². The minimum absolute atomic E-state index is 0.252. The second-order valence-corrected chi connectivity index (χ2v) is 6.96. The van der Waals surface area contributed by atoms with Gasteiger partial charge in [0.25, 0.3) is 5.91 Å². The first kappa shape index (κ1) is 17.0. The van der Waals surface area contributed by atoms with Crippen LogP contribution in [0.1, 0.15) is 21.6 Å². The van der Waals surface area contributed by atoms with Crippen LogP contribution < -0.4 is 5.32 Å². The van der Waals surface area contributed by atoms with E-state index in [2.05, 4.69) is 33.0 Å². The molecule has 122 valence electrons. The second-order valence-electron chi connectivity index (χ2n) is 5.36. The molecule has 1 N–H and O–H groups in total. The molecule has 0 radical (unpaired) electrons. The SMILES string of the molecule is Cc1nn(Cc2ccccc2)c(Cl)c1C(=O)Nc1ccc(I)cc1. The molecule has 1 aromatic heterocycles. The van der Waals surface area contributed by atoms with E-state index >= 15 is 0 Å². The molecule has 0 aliphatic rings. The quantitative estimate of drug-likeness (QED) is 0.582. The normalized spacial score (nSPS) is 10.6. The average Bonchev–Trinajstić information content (AvgIpc) is 2.84. The molecule has 0 aliphatic heterocycles. The number of aromatic nitrogens is 2. The van der Waals surface area contributed by atoms with E-state index in [-0.39, 0.29) is 5.91 Å². The van der Waals surface area contributed by atoms with Crippen molar-refractivity contribution in [2.75, 3.05) is 5.32 Å². The van der Waals surface area contributed by atoms with Gasteiger partial charge in [-0.2, -0.15) is 5.10 Å². The molecule has 0 spiro atoms. The molecule has 2 aromatic carbocycles. The molecule has 24 heavy (non-hydrogen) atoms. The van der Waals surface area contributed by atoms with Crippen LogP contribution in [0.5, 0.6) is 0 Å². The zero-order valence-electron chi connectivity index (χ0n) is 13.0. The zero-order valence-corrected chi connectivity index (χ0v) is 15.9. The van der Waals surface area contributed by atoms with E-state index in [1.165, 1.54) is 0 Å². The van der Waals surface area contributed by atoms with Crippen LogP contribution in [0.2, 0.25) is 5.15 Å². The Morgan fingerprint density at radius 2 is 1.83 bits per heavy atom. The van der Waals surface area contributed by atoms with E-state index in [4.69, 9.17) is 11.6 Å². The smallest absolute Gasteiger partial charge is 0.260 e. The van der Waals surface area contributed by atoms with Crippen molar-refractivity contribution in [1.82, 2.24) is 9.78 Å². The number of amides is 1. The van der Waals surface area contributed by atoms with Crippen molar-refractivity contribution in [3.63, 3.8) is 0 Å². The molecule has 0 atom stereocenters. The van der Waals surface area contributed by atoms with Gasteiger partial charge in [0.1, 0.15) is 5.15 Å². The molecule has 4 nitrogen and oxygen atoms in total. The highest BCUT2D eigenvalue weighted by molar-refractivity contribution is 14.1. The number of nitrogens with zero attached hydrogens (tertiary/aromatic N) is 2. The number of anilines is 1. The van der Waals surface area contributed by atoms with Crippen LogP contribution in [0.3, 0.4) is 0 Å². The predicted octanol–water partition coefficient (Wildman–Crippen LogP) is 4.75. The fourth-order valence-corrected chi connectivity index (χ4v) is 3.08. The second kappa shape index (κ2) is 7.36. The Labute approximate surface area is 159 Å². The summed E-state index contributed by atoms with van der Waals surface area (Å²) in [7, 11) is 0. The van der Waals surface area contributed by atoms with Crippen molar-refractivity contribution < 1.29 is 4.79 Å². The van der Waals surface area contributed by atoms with Crippen molar-refractivity contribution in [3.8, 4) is 0 Å². The maximum Gasteiger partial charge on any atom is 0.260 e. The molecular formula is C18H15ClIN3O. The van der Waals surface area contributed by atoms with Crippen LogP contribution in [-0.4, -0.2) is 15.7 Å². The lowest BCUT2D eigenvalue weighted by Gasteiger charge is -2.06. The average molecular weight is 452 g/mol. The summed E-state index contributed by atoms with van der Waals surface area (Å²) >= 11 is 8.62. The lowest BCUT2D eigenvalue weighted by molar-refractivity contribution is 0.102. The van der Waals surface area contributed by atoms with Crippen LogP contribution in [0.4, 0.5) is 5.69 Å². The van der Waals surface area contributed by atoms with Gasteiger partial charge < -0.3 is 5.32 Å². The number of hydrogen-bond acceptors (Lipinski definition) is 2. The fourth-order valence-electron chi connectivity index (χ4n) is 2.40. The molecule has 1 heterocycles. The molecule has 0 saturated heterocycles. The van der Waals surface area contributed by atoms with Gasteiger partial charge in [-0.25, -0.2) is 4.68 Å². The number of halogens is 2. The van der Waals surface area contributed by atoms with Gasteiger partial charge in [0.2, 0.25) is 0 Å². The van der Waals surface area contributed by atoms with Crippen LogP contribution in [0.25, 0.3) is 0 Å². The monoisotopic (exact) mass is 451 g/mol. The van der Waals surface area contributed by atoms with Crippen LogP contribution in [0, 0.1) is 10.5 Å². The molecule has 0 bridgehead atoms. The number of rotatable bonds is 4. The van der Waals surface area contributed by atoms with Gasteiger partial charge in [-0.3, -0.25) is 4.79 Å². The lowest BCUT2D eigenvalue weighted by Crippen LogP contribution is -2.13. The minimum atomic E-state index is -0.252. The highest BCUT2D eigenvalue weighted by Gasteiger charge is 2.20. The minimum Gasteiger partial charge on any atom is -0.322 e. The van der Waals surface area contributed by atoms with Crippen molar-refractivity contribution in [2.24, 2.45) is 0 Å². The van der Waals surface area contributed by atoms with Crippen LogP contribution >= 0.6 is 34.2 Å². The lowest BCUT2D eigenvalue weighted by atomic mass is 10.2. The van der Waals surface area contributed by atoms with Gasteiger partial charge in [-0.05, 0) is 59.3 Å². The van der Waals surface area contributed by atoms with Gasteiger partial charge in [0.15, 0.2) is 0 Å². The molecule has 0 saturated carbocycles. The number of nitrogens with one attached hydrogen (secondary N) is 1. The Bertz CT molecular complexity index is 860. The first-order valence-corrected chi connectivity index (χ1v) is 8.84. The summed E-state index contributed by atoms with van der Waals surface area (Å²) in [5.74, 6) is -0.252. The number of hydrogen-bond donors (Lipinski definition) is 1. The third-order valence-electron chi connectivity index (χ3n) is 3.57. The van der Waals surface area contributed by atoms with Crippen molar-refractivity contribution in [2.45, 2.75) is 13.5 Å². The first-order chi connectivity index (χ1) is 11.5. The van der Waals surface area contributed by atoms with Gasteiger partial charge in [-0.1, -0.05) is 41.9 Å². The van der Waals surface area contributed by atoms with Crippen LogP contribution in [-0.2, 0) is 6.54 Å². The summed E-state index contributed by atoms with van der Waals surface area (Å²) in [6, 6.07) is 17.5. The maximum absolute atomic E-state index is 12.6. The summed E-state index contributed by atoms with van der Waals surface area (Å²) in [5, 5.41) is 7.62. The first-order valence-electron chi connectivity index (χ1n) is 7.38. The molecule has 0 aliphatic carbocycles. The summed E-state index contributed by atoms with van der Waals surface area (Å²) < 4.78 is 2.75. The Kier molecular flexibility index (Phi) is 5.20. The van der Waals surface area contributed by atoms with Gasteiger partial charge in [0.05, 0.1) is 17.8 Å². The summed E-state index contributed by atoms with van der Waals surface area (Å²) in [6.45, 7) is 2.31. The topological polar surface area (TPSA) is 46.9 Å². The summed E-state index contributed by atoms with van der Waals surface area (Å²) in [6.07, 6.45) is 0. The molecule has 1 amide bonds. The number of aryl methyl sites for hydroxylation is 1. The Balaban J connectivity index is 1.83. The third kappa shape index (κ3) is 3.79. The Morgan fingerprint density at radius 1 is 1.17 bits per heavy atom. The summed E-state index contributed by atoms with van der Waals surface area (Å²) in [4.78, 5) is 12.6. The van der Waals surface area contributed by atoms with E-state index < -0.39 is 0 Å². The van der Waals surface area contributed by atoms with Gasteiger partial charge in [-0.15, -0.1) is 0 Å². The number of benzene rings is 2. The van der Waals surface area contributed by atoms with Crippen molar-refractivity contribution in [3.05, 3.63) is 80.1 Å². The molecule has 3 rings (SSSR count). The Hall–Kier alpha value is -1.86. The van der Waals surface area contributed by atoms with E-state index in [0.717, 1.165) is 14.8 Å². The molecule has 6 heteroatoms. The van der Waals surface area contributed by atoms with Crippen LogP contribution in [0.15, 0.2) is 54.6 Å². The van der Waals surface area contributed by atoms with E-state index in [1.54, 1.807) is 11.6 Å². The van der Waals surface area contributed by atoms with Gasteiger partial charge in [0, 0.05) is 9.26 Å². The molecular weight excluding hydrogens is 437 g/mol. The van der Waals surface area contributed by atoms with E-state index in [1.807, 2.05) is 54.6 Å². The highest BCUT2D eigenvalue weighted by Crippen LogP contribution is 2.22. The largest absolute Gasteiger partial charge is 0.322 e.